The van der Waals surface area contributed by atoms with Crippen LogP contribution >= 0.6 is 0 Å². The predicted molar refractivity (Wildman–Crippen MR) is 102 cm³/mol. The number of aliphatic imine (C=N–C) groups is 1. The number of hydrogen-bond acceptors (Lipinski definition) is 2. The standard InChI is InChI=1S/C20H33N3O/c1-4-21-20(23-14-11-19(24)12-15-23)22-13-5-6-17-7-9-18(10-8-17)16(2)3/h7-10,16,19,24H,4-6,11-15H2,1-3H3,(H,21,22). The molecule has 1 heterocycles. The van der Waals surface area contributed by atoms with Crippen LogP contribution in [0.4, 0.5) is 0 Å². The Hall–Kier alpha value is -1.55. The molecule has 0 unspecified atom stereocenters. The van der Waals surface area contributed by atoms with Crippen molar-refractivity contribution in [2.24, 2.45) is 4.99 Å². The zero-order valence-electron chi connectivity index (χ0n) is 15.5. The minimum absolute atomic E-state index is 0.141. The Morgan fingerprint density at radius 2 is 1.92 bits per heavy atom. The second-order valence-electron chi connectivity index (χ2n) is 6.95. The summed E-state index contributed by atoms with van der Waals surface area (Å²) in [7, 11) is 0. The van der Waals surface area contributed by atoms with Crippen molar-refractivity contribution < 1.29 is 5.11 Å². The number of aryl methyl sites for hydroxylation is 1. The van der Waals surface area contributed by atoms with E-state index in [4.69, 9.17) is 4.99 Å². The average molecular weight is 332 g/mol. The van der Waals surface area contributed by atoms with Crippen molar-refractivity contribution in [1.29, 1.82) is 0 Å². The average Bonchev–Trinajstić information content (AvgIpc) is 2.59. The van der Waals surface area contributed by atoms with Crippen LogP contribution in [0.5, 0.6) is 0 Å². The molecule has 0 atom stereocenters. The molecule has 1 aliphatic rings. The van der Waals surface area contributed by atoms with Gasteiger partial charge in [-0.25, -0.2) is 0 Å². The van der Waals surface area contributed by atoms with E-state index in [0.717, 1.165) is 57.8 Å². The number of guanidine groups is 1. The molecule has 0 amide bonds. The van der Waals surface area contributed by atoms with Crippen molar-refractivity contribution in [3.63, 3.8) is 0 Å². The van der Waals surface area contributed by atoms with Crippen molar-refractivity contribution in [3.05, 3.63) is 35.4 Å². The van der Waals surface area contributed by atoms with E-state index in [0.29, 0.717) is 5.92 Å². The first-order valence-electron chi connectivity index (χ1n) is 9.40. The Bertz CT molecular complexity index is 502. The van der Waals surface area contributed by atoms with Gasteiger partial charge in [0.25, 0.3) is 0 Å². The Morgan fingerprint density at radius 1 is 1.25 bits per heavy atom. The minimum Gasteiger partial charge on any atom is -0.393 e. The van der Waals surface area contributed by atoms with Crippen molar-refractivity contribution in [2.75, 3.05) is 26.2 Å². The third kappa shape index (κ3) is 5.82. The monoisotopic (exact) mass is 331 g/mol. The second-order valence-corrected chi connectivity index (χ2v) is 6.95. The van der Waals surface area contributed by atoms with Crippen LogP contribution in [0.15, 0.2) is 29.3 Å². The maximum Gasteiger partial charge on any atom is 0.193 e. The van der Waals surface area contributed by atoms with Gasteiger partial charge >= 0.3 is 0 Å². The molecule has 1 aromatic carbocycles. The number of aliphatic hydroxyl groups excluding tert-OH is 1. The molecule has 0 aromatic heterocycles. The summed E-state index contributed by atoms with van der Waals surface area (Å²) < 4.78 is 0. The highest BCUT2D eigenvalue weighted by molar-refractivity contribution is 5.80. The van der Waals surface area contributed by atoms with E-state index in [9.17, 15) is 5.11 Å². The fraction of sp³-hybridized carbons (Fsp3) is 0.650. The van der Waals surface area contributed by atoms with Gasteiger partial charge in [-0.15, -0.1) is 0 Å². The Labute approximate surface area is 147 Å². The maximum atomic E-state index is 9.65. The topological polar surface area (TPSA) is 47.9 Å². The molecule has 0 spiro atoms. The second kappa shape index (κ2) is 9.67. The summed E-state index contributed by atoms with van der Waals surface area (Å²) in [6.45, 7) is 10.1. The molecule has 24 heavy (non-hydrogen) atoms. The largest absolute Gasteiger partial charge is 0.393 e. The number of piperidine rings is 1. The fourth-order valence-corrected chi connectivity index (χ4v) is 3.04. The molecule has 1 aliphatic heterocycles. The number of benzene rings is 1. The number of aliphatic hydroxyl groups is 1. The van der Waals surface area contributed by atoms with Crippen LogP contribution in [-0.4, -0.2) is 48.2 Å². The third-order valence-electron chi connectivity index (χ3n) is 4.63. The van der Waals surface area contributed by atoms with Crippen molar-refractivity contribution >= 4 is 5.96 Å². The minimum atomic E-state index is -0.141. The van der Waals surface area contributed by atoms with E-state index in [1.807, 2.05) is 0 Å². The molecule has 0 radical (unpaired) electrons. The third-order valence-corrected chi connectivity index (χ3v) is 4.63. The van der Waals surface area contributed by atoms with Gasteiger partial charge in [-0.3, -0.25) is 4.99 Å². The normalized spacial score (nSPS) is 16.7. The molecule has 4 heteroatoms. The van der Waals surface area contributed by atoms with E-state index in [2.05, 4.69) is 55.3 Å². The lowest BCUT2D eigenvalue weighted by Crippen LogP contribution is -2.46. The van der Waals surface area contributed by atoms with Crippen LogP contribution < -0.4 is 5.32 Å². The molecular weight excluding hydrogens is 298 g/mol. The maximum absolute atomic E-state index is 9.65. The molecule has 0 saturated carbocycles. The zero-order chi connectivity index (χ0) is 17.4. The summed E-state index contributed by atoms with van der Waals surface area (Å²) in [6, 6.07) is 8.98. The van der Waals surface area contributed by atoms with E-state index in [1.54, 1.807) is 0 Å². The SMILES string of the molecule is CCNC(=NCCCc1ccc(C(C)C)cc1)N1CCC(O)CC1. The molecule has 1 aromatic rings. The molecule has 1 saturated heterocycles. The highest BCUT2D eigenvalue weighted by atomic mass is 16.3. The first-order valence-corrected chi connectivity index (χ1v) is 9.40. The highest BCUT2D eigenvalue weighted by Gasteiger charge is 2.19. The lowest BCUT2D eigenvalue weighted by molar-refractivity contribution is 0.108. The van der Waals surface area contributed by atoms with E-state index in [-0.39, 0.29) is 6.10 Å². The van der Waals surface area contributed by atoms with Gasteiger partial charge in [0.1, 0.15) is 0 Å². The number of hydrogen-bond donors (Lipinski definition) is 2. The first kappa shape index (κ1) is 18.8. The number of nitrogens with one attached hydrogen (secondary N) is 1. The van der Waals surface area contributed by atoms with Gasteiger partial charge in [0.2, 0.25) is 0 Å². The van der Waals surface area contributed by atoms with Gasteiger partial charge in [0.05, 0.1) is 6.10 Å². The van der Waals surface area contributed by atoms with E-state index < -0.39 is 0 Å². The lowest BCUT2D eigenvalue weighted by atomic mass is 10.0. The smallest absolute Gasteiger partial charge is 0.193 e. The first-order chi connectivity index (χ1) is 11.6. The molecule has 134 valence electrons. The van der Waals surface area contributed by atoms with Gasteiger partial charge < -0.3 is 15.3 Å². The molecule has 0 aliphatic carbocycles. The Balaban J connectivity index is 1.81. The molecular formula is C20H33N3O. The van der Waals surface area contributed by atoms with Crippen molar-refractivity contribution in [3.8, 4) is 0 Å². The number of likely N-dealkylation sites (tertiary alicyclic amines) is 1. The number of rotatable bonds is 6. The van der Waals surface area contributed by atoms with Crippen LogP contribution in [0.2, 0.25) is 0 Å². The summed E-state index contributed by atoms with van der Waals surface area (Å²) in [5, 5.41) is 13.0. The fourth-order valence-electron chi connectivity index (χ4n) is 3.04. The van der Waals surface area contributed by atoms with Gasteiger partial charge in [-0.05, 0) is 49.7 Å². The number of nitrogens with zero attached hydrogens (tertiary/aromatic N) is 2. The van der Waals surface area contributed by atoms with Crippen LogP contribution in [0.3, 0.4) is 0 Å². The molecule has 1 fully saturated rings. The molecule has 2 N–H and O–H groups in total. The quantitative estimate of drug-likeness (QED) is 0.478. The Morgan fingerprint density at radius 3 is 2.50 bits per heavy atom. The van der Waals surface area contributed by atoms with Gasteiger partial charge in [0.15, 0.2) is 5.96 Å². The van der Waals surface area contributed by atoms with Crippen LogP contribution in [0.25, 0.3) is 0 Å². The van der Waals surface area contributed by atoms with Crippen LogP contribution in [0, 0.1) is 0 Å². The van der Waals surface area contributed by atoms with E-state index in [1.165, 1.54) is 11.1 Å². The zero-order valence-corrected chi connectivity index (χ0v) is 15.5. The van der Waals surface area contributed by atoms with Crippen LogP contribution in [-0.2, 0) is 6.42 Å². The summed E-state index contributed by atoms with van der Waals surface area (Å²) in [5.41, 5.74) is 2.79. The molecule has 2 rings (SSSR count). The summed E-state index contributed by atoms with van der Waals surface area (Å²) >= 11 is 0. The predicted octanol–water partition coefficient (Wildman–Crippen LogP) is 3.16. The highest BCUT2D eigenvalue weighted by Crippen LogP contribution is 2.15. The summed E-state index contributed by atoms with van der Waals surface area (Å²) in [5.74, 6) is 1.59. The van der Waals surface area contributed by atoms with Crippen molar-refractivity contribution in [1.82, 2.24) is 10.2 Å². The van der Waals surface area contributed by atoms with Gasteiger partial charge in [0, 0.05) is 26.2 Å². The lowest BCUT2D eigenvalue weighted by Gasteiger charge is -2.32. The van der Waals surface area contributed by atoms with E-state index >= 15 is 0 Å². The van der Waals surface area contributed by atoms with Gasteiger partial charge in [-0.2, -0.15) is 0 Å². The molecule has 4 nitrogen and oxygen atoms in total. The van der Waals surface area contributed by atoms with Gasteiger partial charge in [-0.1, -0.05) is 38.1 Å². The van der Waals surface area contributed by atoms with Crippen LogP contribution in [0.1, 0.15) is 57.1 Å². The summed E-state index contributed by atoms with van der Waals surface area (Å²) in [6.07, 6.45) is 3.67. The molecule has 0 bridgehead atoms. The summed E-state index contributed by atoms with van der Waals surface area (Å²) in [4.78, 5) is 7.04. The Kier molecular flexibility index (Phi) is 7.57. The van der Waals surface area contributed by atoms with Crippen molar-refractivity contribution in [2.45, 2.75) is 58.5 Å².